The second-order valence-corrected chi connectivity index (χ2v) is 6.23. The molecule has 0 radical (unpaired) electrons. The van der Waals surface area contributed by atoms with Gasteiger partial charge < -0.3 is 4.55 Å². The molecule has 0 saturated heterocycles. The number of halogens is 1. The highest BCUT2D eigenvalue weighted by Crippen LogP contribution is 2.34. The van der Waals surface area contributed by atoms with Crippen LogP contribution < -0.4 is 0 Å². The Morgan fingerprint density at radius 1 is 1.38 bits per heavy atom. The van der Waals surface area contributed by atoms with Crippen molar-refractivity contribution in [2.24, 2.45) is 0 Å². The summed E-state index contributed by atoms with van der Waals surface area (Å²) < 4.78 is 21.7. The third-order valence-corrected chi connectivity index (χ3v) is 4.30. The molecule has 0 amide bonds. The first-order valence-corrected chi connectivity index (χ1v) is 7.82. The molecule has 0 aliphatic heterocycles. The van der Waals surface area contributed by atoms with E-state index in [-0.39, 0.29) is 11.3 Å². The maximum Gasteiger partial charge on any atom is 0.292 e. The van der Waals surface area contributed by atoms with E-state index in [1.165, 1.54) is 6.07 Å². The molecule has 0 aliphatic rings. The van der Waals surface area contributed by atoms with Crippen LogP contribution in [-0.4, -0.2) is 18.7 Å². The van der Waals surface area contributed by atoms with Crippen LogP contribution in [-0.2, 0) is 11.1 Å². The van der Waals surface area contributed by atoms with Crippen molar-refractivity contribution in [1.29, 1.82) is 0 Å². The zero-order chi connectivity index (χ0) is 15.6. The van der Waals surface area contributed by atoms with Crippen molar-refractivity contribution in [2.75, 3.05) is 0 Å². The number of hydrogen-bond donors (Lipinski definition) is 1. The first-order valence-electron chi connectivity index (χ1n) is 5.86. The lowest BCUT2D eigenvalue weighted by atomic mass is 10.0. The summed E-state index contributed by atoms with van der Waals surface area (Å²) in [6.45, 7) is 1.89. The third-order valence-electron chi connectivity index (χ3n) is 2.94. The fourth-order valence-corrected chi connectivity index (χ4v) is 3.09. The smallest absolute Gasteiger partial charge is 0.292 e. The van der Waals surface area contributed by atoms with Crippen LogP contribution in [0.2, 0.25) is 0 Å². The van der Waals surface area contributed by atoms with Gasteiger partial charge in [-0.2, -0.15) is 0 Å². The highest BCUT2D eigenvalue weighted by molar-refractivity contribution is 9.10. The van der Waals surface area contributed by atoms with Gasteiger partial charge in [-0.05, 0) is 34.5 Å². The standard InChI is InChI=1S/C13H11BrN2O4S/c1-8-2-4-9(5-3-8)13(21(19)20)10-6-12(14)15-7-11(10)16(17)18/h2-7,13H,1H3,(H,19,20). The molecule has 0 spiro atoms. The second kappa shape index (κ2) is 6.42. The minimum atomic E-state index is -2.30. The average Bonchev–Trinajstić information content (AvgIpc) is 2.40. The molecule has 0 bridgehead atoms. The van der Waals surface area contributed by atoms with Crippen LogP contribution in [0.25, 0.3) is 0 Å². The zero-order valence-corrected chi connectivity index (χ0v) is 13.3. The highest BCUT2D eigenvalue weighted by atomic mass is 79.9. The lowest BCUT2D eigenvalue weighted by Crippen LogP contribution is -2.10. The summed E-state index contributed by atoms with van der Waals surface area (Å²) in [5, 5.41) is 10.1. The van der Waals surface area contributed by atoms with Crippen molar-refractivity contribution >= 4 is 32.7 Å². The Balaban J connectivity index is 2.63. The largest absolute Gasteiger partial charge is 0.305 e. The minimum Gasteiger partial charge on any atom is -0.305 e. The van der Waals surface area contributed by atoms with Crippen LogP contribution in [0.15, 0.2) is 41.1 Å². The summed E-state index contributed by atoms with van der Waals surface area (Å²) >= 11 is 0.833. The maximum absolute atomic E-state index is 11.7. The van der Waals surface area contributed by atoms with Gasteiger partial charge in [0.2, 0.25) is 0 Å². The Kier molecular flexibility index (Phi) is 4.81. The van der Waals surface area contributed by atoms with Crippen molar-refractivity contribution in [1.82, 2.24) is 4.98 Å². The summed E-state index contributed by atoms with van der Waals surface area (Å²) in [6.07, 6.45) is 1.08. The van der Waals surface area contributed by atoms with E-state index in [9.17, 15) is 18.9 Å². The lowest BCUT2D eigenvalue weighted by molar-refractivity contribution is -0.385. The fourth-order valence-electron chi connectivity index (χ4n) is 1.95. The van der Waals surface area contributed by atoms with Gasteiger partial charge in [-0.25, -0.2) is 9.19 Å². The Hall–Kier alpha value is -1.64. The van der Waals surface area contributed by atoms with Gasteiger partial charge in [0.15, 0.2) is 11.1 Å². The van der Waals surface area contributed by atoms with Gasteiger partial charge in [-0.15, -0.1) is 0 Å². The molecule has 2 atom stereocenters. The van der Waals surface area contributed by atoms with Crippen LogP contribution in [0.4, 0.5) is 5.69 Å². The first-order chi connectivity index (χ1) is 9.90. The molecule has 2 rings (SSSR count). The van der Waals surface area contributed by atoms with Gasteiger partial charge in [0.25, 0.3) is 5.69 Å². The van der Waals surface area contributed by atoms with Crippen LogP contribution in [0.3, 0.4) is 0 Å². The summed E-state index contributed by atoms with van der Waals surface area (Å²) in [6, 6.07) is 8.35. The van der Waals surface area contributed by atoms with Crippen LogP contribution in [0, 0.1) is 17.0 Å². The molecule has 0 saturated carbocycles. The monoisotopic (exact) mass is 370 g/mol. The van der Waals surface area contributed by atoms with E-state index in [4.69, 9.17) is 0 Å². The molecule has 1 heterocycles. The Morgan fingerprint density at radius 3 is 2.52 bits per heavy atom. The number of aromatic nitrogens is 1. The molecule has 2 aromatic rings. The number of aryl methyl sites for hydroxylation is 1. The SMILES string of the molecule is Cc1ccc(C(c2cc(Br)ncc2[N+](=O)[O-])S(=O)O)cc1. The molecule has 21 heavy (non-hydrogen) atoms. The number of nitro groups is 1. The molecule has 8 heteroatoms. The van der Waals surface area contributed by atoms with Crippen molar-refractivity contribution < 1.29 is 13.7 Å². The molecular formula is C13H11BrN2O4S. The normalized spacial score (nSPS) is 13.7. The van der Waals surface area contributed by atoms with Crippen LogP contribution in [0.5, 0.6) is 0 Å². The summed E-state index contributed by atoms with van der Waals surface area (Å²) in [7, 11) is 0. The summed E-state index contributed by atoms with van der Waals surface area (Å²) in [4.78, 5) is 14.3. The predicted octanol–water partition coefficient (Wildman–Crippen LogP) is 3.37. The number of pyridine rings is 1. The van der Waals surface area contributed by atoms with E-state index in [1.54, 1.807) is 24.3 Å². The highest BCUT2D eigenvalue weighted by Gasteiger charge is 2.28. The fraction of sp³-hybridized carbons (Fsp3) is 0.154. The van der Waals surface area contributed by atoms with E-state index in [0.717, 1.165) is 11.8 Å². The van der Waals surface area contributed by atoms with E-state index in [1.807, 2.05) is 6.92 Å². The van der Waals surface area contributed by atoms with Gasteiger partial charge in [-0.3, -0.25) is 10.1 Å². The van der Waals surface area contributed by atoms with Crippen LogP contribution in [0.1, 0.15) is 21.9 Å². The predicted molar refractivity (Wildman–Crippen MR) is 82.4 cm³/mol. The molecule has 0 aliphatic carbocycles. The maximum atomic E-state index is 11.7. The zero-order valence-electron chi connectivity index (χ0n) is 10.9. The van der Waals surface area contributed by atoms with Crippen molar-refractivity contribution in [3.63, 3.8) is 0 Å². The Labute approximate surface area is 131 Å². The minimum absolute atomic E-state index is 0.145. The number of benzene rings is 1. The van der Waals surface area contributed by atoms with Crippen molar-refractivity contribution in [2.45, 2.75) is 12.2 Å². The van der Waals surface area contributed by atoms with Gasteiger partial charge >= 0.3 is 0 Å². The molecule has 2 unspecified atom stereocenters. The van der Waals surface area contributed by atoms with Crippen molar-refractivity contribution in [3.05, 3.63) is 67.9 Å². The van der Waals surface area contributed by atoms with E-state index in [2.05, 4.69) is 20.9 Å². The van der Waals surface area contributed by atoms with Gasteiger partial charge in [0.05, 0.1) is 10.5 Å². The Bertz CT molecular complexity index is 706. The number of rotatable bonds is 4. The third kappa shape index (κ3) is 3.52. The molecule has 6 nitrogen and oxygen atoms in total. The molecule has 1 aromatic carbocycles. The molecule has 1 aromatic heterocycles. The molecule has 110 valence electrons. The van der Waals surface area contributed by atoms with E-state index < -0.39 is 21.3 Å². The molecular weight excluding hydrogens is 360 g/mol. The second-order valence-electron chi connectivity index (χ2n) is 4.39. The summed E-state index contributed by atoms with van der Waals surface area (Å²) in [5.41, 5.74) is 1.38. The topological polar surface area (TPSA) is 93.3 Å². The summed E-state index contributed by atoms with van der Waals surface area (Å²) in [5.74, 6) is 0. The Morgan fingerprint density at radius 2 is 2.00 bits per heavy atom. The van der Waals surface area contributed by atoms with Gasteiger partial charge in [0.1, 0.15) is 16.0 Å². The van der Waals surface area contributed by atoms with E-state index >= 15 is 0 Å². The molecule has 1 N–H and O–H groups in total. The number of nitrogens with zero attached hydrogens (tertiary/aromatic N) is 2. The quantitative estimate of drug-likeness (QED) is 0.385. The lowest BCUT2D eigenvalue weighted by Gasteiger charge is -2.14. The average molecular weight is 371 g/mol. The van der Waals surface area contributed by atoms with Gasteiger partial charge in [-0.1, -0.05) is 29.8 Å². The van der Waals surface area contributed by atoms with Crippen molar-refractivity contribution in [3.8, 4) is 0 Å². The first kappa shape index (κ1) is 15.7. The van der Waals surface area contributed by atoms with Crippen LogP contribution >= 0.6 is 15.9 Å². The van der Waals surface area contributed by atoms with E-state index in [0.29, 0.717) is 10.2 Å². The van der Waals surface area contributed by atoms with Gasteiger partial charge in [0, 0.05) is 0 Å². The number of hydrogen-bond acceptors (Lipinski definition) is 4. The molecule has 0 fully saturated rings.